The molecule has 1 N–H and O–H groups in total. The van der Waals surface area contributed by atoms with Gasteiger partial charge in [-0.15, -0.1) is 0 Å². The van der Waals surface area contributed by atoms with Crippen molar-refractivity contribution in [2.45, 2.75) is 74.7 Å². The molecule has 4 aliphatic carbocycles. The second-order valence-corrected chi connectivity index (χ2v) is 16.3. The van der Waals surface area contributed by atoms with E-state index < -0.39 is 0 Å². The molecule has 6 aliphatic rings. The Labute approximate surface area is 330 Å². The summed E-state index contributed by atoms with van der Waals surface area (Å²) in [5, 5.41) is 3.91. The average molecular weight is 730 g/mol. The minimum Gasteiger partial charge on any atom is -0.365 e. The summed E-state index contributed by atoms with van der Waals surface area (Å²) in [6.07, 6.45) is 27.8. The predicted octanol–water partition coefficient (Wildman–Crippen LogP) is 11.3. The fraction of sp³-hybridized carbons (Fsp3) is 0.250. The zero-order valence-electron chi connectivity index (χ0n) is 31.7. The lowest BCUT2D eigenvalue weighted by molar-refractivity contribution is 0.0569. The van der Waals surface area contributed by atoms with Gasteiger partial charge in [0.1, 0.15) is 5.84 Å². The molecule has 1 saturated heterocycles. The van der Waals surface area contributed by atoms with Crippen LogP contribution >= 0.6 is 0 Å². The molecule has 0 amide bonds. The molecule has 5 aromatic rings. The van der Waals surface area contributed by atoms with Gasteiger partial charge in [-0.25, -0.2) is 0 Å². The molecule has 11 rings (SSSR count). The van der Waals surface area contributed by atoms with E-state index in [2.05, 4.69) is 174 Å². The molecule has 0 bridgehead atoms. The first-order valence-corrected chi connectivity index (χ1v) is 20.7. The van der Waals surface area contributed by atoms with Crippen LogP contribution in [0.25, 0.3) is 17.8 Å². The van der Waals surface area contributed by atoms with E-state index in [0.29, 0.717) is 5.92 Å². The molecule has 3 heterocycles. The van der Waals surface area contributed by atoms with Gasteiger partial charge in [-0.1, -0.05) is 140 Å². The molecular formula is C52H47N3O. The van der Waals surface area contributed by atoms with Gasteiger partial charge in [0.15, 0.2) is 0 Å². The van der Waals surface area contributed by atoms with Crippen molar-refractivity contribution < 1.29 is 4.74 Å². The van der Waals surface area contributed by atoms with Crippen molar-refractivity contribution in [3.8, 4) is 5.69 Å². The van der Waals surface area contributed by atoms with Gasteiger partial charge in [-0.3, -0.25) is 4.99 Å². The van der Waals surface area contributed by atoms with Crippen LogP contribution in [0.2, 0.25) is 0 Å². The first-order chi connectivity index (χ1) is 27.8. The molecule has 7 unspecified atom stereocenters. The Morgan fingerprint density at radius 3 is 2.41 bits per heavy atom. The number of allylic oxidation sites excluding steroid dienone is 5. The van der Waals surface area contributed by atoms with Gasteiger partial charge in [0.05, 0.1) is 24.3 Å². The molecule has 0 spiro atoms. The van der Waals surface area contributed by atoms with Crippen LogP contribution in [0.1, 0.15) is 99.9 Å². The lowest BCUT2D eigenvalue weighted by Gasteiger charge is -2.32. The maximum Gasteiger partial charge on any atom is 0.129 e. The Morgan fingerprint density at radius 2 is 1.52 bits per heavy atom. The highest BCUT2D eigenvalue weighted by molar-refractivity contribution is 6.01. The zero-order valence-corrected chi connectivity index (χ0v) is 31.7. The van der Waals surface area contributed by atoms with Gasteiger partial charge in [0.25, 0.3) is 0 Å². The third kappa shape index (κ3) is 5.81. The first-order valence-electron chi connectivity index (χ1n) is 20.7. The number of hydrogen-bond donors (Lipinski definition) is 1. The number of nitrogens with one attached hydrogen (secondary N) is 1. The van der Waals surface area contributed by atoms with Gasteiger partial charge in [0, 0.05) is 40.4 Å². The largest absolute Gasteiger partial charge is 0.365 e. The van der Waals surface area contributed by atoms with E-state index in [4.69, 9.17) is 9.73 Å². The maximum atomic E-state index is 6.76. The number of aliphatic imine (C=N–C) groups is 1. The second kappa shape index (κ2) is 14.1. The summed E-state index contributed by atoms with van der Waals surface area (Å²) in [4.78, 5) is 5.45. The van der Waals surface area contributed by atoms with Gasteiger partial charge in [-0.2, -0.15) is 0 Å². The van der Waals surface area contributed by atoms with Crippen LogP contribution in [0.5, 0.6) is 0 Å². The molecule has 4 aromatic carbocycles. The van der Waals surface area contributed by atoms with Crippen LogP contribution in [-0.4, -0.2) is 22.6 Å². The fourth-order valence-electron chi connectivity index (χ4n) is 10.5. The Kier molecular flexibility index (Phi) is 8.46. The standard InChI is InChI=1S/C52H47N3O/c1-3-15-34(16-4-1)46-33-47(35-17-5-2-6-18-35)54-52(53-46)44-24-8-7-21-39(44)37-29-30-49-45(32-37)41-22-9-11-27-48(41)55(49)38-20-13-19-36(31-38)40-25-14-26-43-42-23-10-12-28-50(42)56-51(40)43/h1-8,11-21,24-31,37,40,42,46-47,50-51H,9-10,22-23,32-33H2,(H,53,54). The van der Waals surface area contributed by atoms with Crippen LogP contribution < -0.4 is 5.32 Å². The number of fused-ring (bicyclic) bond motifs is 6. The van der Waals surface area contributed by atoms with Crippen LogP contribution in [0.3, 0.4) is 0 Å². The van der Waals surface area contributed by atoms with Crippen molar-refractivity contribution in [1.82, 2.24) is 9.88 Å². The Hall–Kier alpha value is -5.71. The lowest BCUT2D eigenvalue weighted by Crippen LogP contribution is -2.35. The van der Waals surface area contributed by atoms with Crippen molar-refractivity contribution in [1.29, 1.82) is 0 Å². The van der Waals surface area contributed by atoms with E-state index in [1.54, 1.807) is 0 Å². The van der Waals surface area contributed by atoms with Crippen LogP contribution in [0.4, 0.5) is 0 Å². The number of nitrogens with zero attached hydrogens (tertiary/aromatic N) is 2. The molecule has 0 saturated carbocycles. The zero-order chi connectivity index (χ0) is 37.0. The smallest absolute Gasteiger partial charge is 0.129 e. The predicted molar refractivity (Wildman–Crippen MR) is 228 cm³/mol. The normalized spacial score (nSPS) is 27.0. The third-order valence-electron chi connectivity index (χ3n) is 13.1. The molecule has 56 heavy (non-hydrogen) atoms. The van der Waals surface area contributed by atoms with Crippen molar-refractivity contribution in [3.63, 3.8) is 0 Å². The summed E-state index contributed by atoms with van der Waals surface area (Å²) < 4.78 is 9.30. The van der Waals surface area contributed by atoms with Crippen molar-refractivity contribution in [3.05, 3.63) is 208 Å². The minimum absolute atomic E-state index is 0.0794. The van der Waals surface area contributed by atoms with E-state index in [1.165, 1.54) is 68.0 Å². The summed E-state index contributed by atoms with van der Waals surface area (Å²) in [6, 6.07) is 40.2. The van der Waals surface area contributed by atoms with Crippen molar-refractivity contribution in [2.75, 3.05) is 0 Å². The molecule has 0 radical (unpaired) electrons. The maximum absolute atomic E-state index is 6.76. The molecule has 1 aromatic heterocycles. The molecule has 1 fully saturated rings. The number of benzene rings is 4. The van der Waals surface area contributed by atoms with Crippen molar-refractivity contribution in [2.24, 2.45) is 10.9 Å². The monoisotopic (exact) mass is 729 g/mol. The highest BCUT2D eigenvalue weighted by atomic mass is 16.5. The molecule has 276 valence electrons. The molecule has 7 atom stereocenters. The summed E-state index contributed by atoms with van der Waals surface area (Å²) in [6.45, 7) is 0. The SMILES string of the molecule is C1=CC(c2cccc(-n3c4c(c5c3C=CC(c3ccccc3C3=NC(c6ccccc6)CC(c6ccccc6)N3)C5)CCC=C4)c2)C2OC3C=CCCC3C2=C1. The topological polar surface area (TPSA) is 38.5 Å². The van der Waals surface area contributed by atoms with Gasteiger partial charge >= 0.3 is 0 Å². The van der Waals surface area contributed by atoms with Gasteiger partial charge in [-0.05, 0) is 102 Å². The van der Waals surface area contributed by atoms with Gasteiger partial charge in [0.2, 0.25) is 0 Å². The number of rotatable bonds is 6. The number of hydrogen-bond acceptors (Lipinski definition) is 3. The number of aromatic nitrogens is 1. The van der Waals surface area contributed by atoms with E-state index in [-0.39, 0.29) is 36.1 Å². The summed E-state index contributed by atoms with van der Waals surface area (Å²) >= 11 is 0. The summed E-state index contributed by atoms with van der Waals surface area (Å²) in [5.41, 5.74) is 14.8. The highest BCUT2D eigenvalue weighted by Crippen LogP contribution is 2.47. The van der Waals surface area contributed by atoms with Crippen LogP contribution in [0.15, 0.2) is 162 Å². The molecule has 4 heteroatoms. The molecule has 2 aliphatic heterocycles. The molecular weight excluding hydrogens is 683 g/mol. The first kappa shape index (κ1) is 33.6. The van der Waals surface area contributed by atoms with Crippen LogP contribution in [0, 0.1) is 5.92 Å². The fourth-order valence-corrected chi connectivity index (χ4v) is 10.5. The third-order valence-corrected chi connectivity index (χ3v) is 13.1. The van der Waals surface area contributed by atoms with E-state index in [1.807, 2.05) is 0 Å². The second-order valence-electron chi connectivity index (χ2n) is 16.3. The highest BCUT2D eigenvalue weighted by Gasteiger charge is 2.43. The number of amidine groups is 1. The summed E-state index contributed by atoms with van der Waals surface area (Å²) in [7, 11) is 0. The van der Waals surface area contributed by atoms with E-state index in [9.17, 15) is 0 Å². The Balaban J connectivity index is 0.942. The summed E-state index contributed by atoms with van der Waals surface area (Å²) in [5.74, 6) is 1.95. The van der Waals surface area contributed by atoms with E-state index in [0.717, 1.165) is 37.9 Å². The van der Waals surface area contributed by atoms with Crippen molar-refractivity contribution >= 4 is 18.0 Å². The lowest BCUT2D eigenvalue weighted by atomic mass is 9.78. The average Bonchev–Trinajstić information content (AvgIpc) is 3.83. The minimum atomic E-state index is 0.0794. The van der Waals surface area contributed by atoms with Crippen LogP contribution in [-0.2, 0) is 17.6 Å². The molecule has 4 nitrogen and oxygen atoms in total. The Morgan fingerprint density at radius 1 is 0.714 bits per heavy atom. The Bertz CT molecular complexity index is 2480. The van der Waals surface area contributed by atoms with E-state index >= 15 is 0 Å². The number of ether oxygens (including phenoxy) is 1. The van der Waals surface area contributed by atoms with Gasteiger partial charge < -0.3 is 14.6 Å². The quantitative estimate of drug-likeness (QED) is 0.177.